The van der Waals surface area contributed by atoms with Crippen LogP contribution in [0.15, 0.2) is 18.2 Å². The molecule has 3 nitrogen and oxygen atoms in total. The smallest absolute Gasteiger partial charge is 0.389 e. The minimum Gasteiger partial charge on any atom is -0.389 e. The summed E-state index contributed by atoms with van der Waals surface area (Å²) in [7, 11) is 0. The highest BCUT2D eigenvalue weighted by Gasteiger charge is 2.34. The molecule has 1 aromatic carbocycles. The van der Waals surface area contributed by atoms with Crippen LogP contribution in [0.1, 0.15) is 26.3 Å². The lowest BCUT2D eigenvalue weighted by Crippen LogP contribution is -2.31. The summed E-state index contributed by atoms with van der Waals surface area (Å²) in [6, 6.07) is 3.53. The molecule has 21 heavy (non-hydrogen) atoms. The minimum atomic E-state index is -4.51. The maximum Gasteiger partial charge on any atom is 0.418 e. The number of rotatable bonds is 5. The molecule has 7 heteroatoms. The number of hydrogen-bond acceptors (Lipinski definition) is 3. The number of aliphatic hydroxyl groups excluding tert-OH is 1. The number of nitrogens with one attached hydrogen (secondary N) is 1. The molecule has 0 aliphatic rings. The summed E-state index contributed by atoms with van der Waals surface area (Å²) < 4.78 is 44.0. The van der Waals surface area contributed by atoms with Crippen molar-refractivity contribution in [2.24, 2.45) is 0 Å². The summed E-state index contributed by atoms with van der Waals surface area (Å²) in [4.78, 5) is 0. The molecule has 1 aromatic rings. The standard InChI is InChI=1S/C14H19ClF3NO2/c1-13(2,3)21-8-9(20)7-19-12-10(14(16,17)18)5-4-6-11(12)15/h4-6,9,19-20H,7-8H2,1-3H3. The summed E-state index contributed by atoms with van der Waals surface area (Å²) in [6.07, 6.45) is -5.46. The van der Waals surface area contributed by atoms with Gasteiger partial charge in [-0.3, -0.25) is 0 Å². The maximum absolute atomic E-state index is 12.9. The number of hydrogen-bond donors (Lipinski definition) is 2. The van der Waals surface area contributed by atoms with Crippen molar-refractivity contribution in [2.75, 3.05) is 18.5 Å². The van der Waals surface area contributed by atoms with Crippen LogP contribution in [0.4, 0.5) is 18.9 Å². The second-order valence-electron chi connectivity index (χ2n) is 5.62. The maximum atomic E-state index is 12.9. The van der Waals surface area contributed by atoms with Gasteiger partial charge in [0.15, 0.2) is 0 Å². The largest absolute Gasteiger partial charge is 0.418 e. The molecule has 0 fully saturated rings. The number of anilines is 1. The molecule has 0 saturated heterocycles. The molecule has 0 aromatic heterocycles. The third-order valence-electron chi connectivity index (χ3n) is 2.54. The van der Waals surface area contributed by atoms with Crippen LogP contribution in [0.25, 0.3) is 0 Å². The summed E-state index contributed by atoms with van der Waals surface area (Å²) in [5, 5.41) is 12.2. The van der Waals surface area contributed by atoms with E-state index in [9.17, 15) is 18.3 Å². The van der Waals surface area contributed by atoms with E-state index in [0.717, 1.165) is 6.07 Å². The first kappa shape index (κ1) is 18.1. The fraction of sp³-hybridized carbons (Fsp3) is 0.571. The van der Waals surface area contributed by atoms with Gasteiger partial charge in [0.05, 0.1) is 34.6 Å². The molecule has 0 aliphatic carbocycles. The fourth-order valence-corrected chi connectivity index (χ4v) is 1.81. The molecular formula is C14H19ClF3NO2. The van der Waals surface area contributed by atoms with Gasteiger partial charge in [0.25, 0.3) is 0 Å². The second-order valence-corrected chi connectivity index (χ2v) is 6.03. The van der Waals surface area contributed by atoms with Crippen LogP contribution in [0.2, 0.25) is 5.02 Å². The quantitative estimate of drug-likeness (QED) is 0.861. The second kappa shape index (κ2) is 6.85. The zero-order valence-corrected chi connectivity index (χ0v) is 12.8. The highest BCUT2D eigenvalue weighted by Crippen LogP contribution is 2.38. The lowest BCUT2D eigenvalue weighted by molar-refractivity contribution is -0.137. The average molecular weight is 326 g/mol. The zero-order valence-electron chi connectivity index (χ0n) is 12.1. The number of halogens is 4. The van der Waals surface area contributed by atoms with Crippen LogP contribution in [0.5, 0.6) is 0 Å². The van der Waals surface area contributed by atoms with Crippen molar-refractivity contribution in [1.29, 1.82) is 0 Å². The topological polar surface area (TPSA) is 41.5 Å². The molecule has 1 rings (SSSR count). The van der Waals surface area contributed by atoms with Crippen molar-refractivity contribution < 1.29 is 23.0 Å². The van der Waals surface area contributed by atoms with Crippen molar-refractivity contribution in [3.63, 3.8) is 0 Å². The Hall–Kier alpha value is -0.980. The van der Waals surface area contributed by atoms with Gasteiger partial charge >= 0.3 is 6.18 Å². The predicted molar refractivity (Wildman–Crippen MR) is 76.7 cm³/mol. The Morgan fingerprint density at radius 1 is 1.29 bits per heavy atom. The van der Waals surface area contributed by atoms with Crippen molar-refractivity contribution in [3.05, 3.63) is 28.8 Å². The van der Waals surface area contributed by atoms with Gasteiger partial charge in [-0.25, -0.2) is 0 Å². The molecule has 0 amide bonds. The van der Waals surface area contributed by atoms with Crippen LogP contribution >= 0.6 is 11.6 Å². The Kier molecular flexibility index (Phi) is 5.90. The Balaban J connectivity index is 2.71. The van der Waals surface area contributed by atoms with Crippen molar-refractivity contribution in [3.8, 4) is 0 Å². The first-order valence-corrected chi connectivity index (χ1v) is 6.80. The molecule has 0 radical (unpaired) electrons. The highest BCUT2D eigenvalue weighted by atomic mass is 35.5. The van der Waals surface area contributed by atoms with Gasteiger partial charge in [-0.15, -0.1) is 0 Å². The average Bonchev–Trinajstić information content (AvgIpc) is 2.32. The zero-order chi connectivity index (χ0) is 16.3. The Labute approximate surface area is 127 Å². The van der Waals surface area contributed by atoms with Crippen LogP contribution in [-0.2, 0) is 10.9 Å². The lowest BCUT2D eigenvalue weighted by Gasteiger charge is -2.23. The van der Waals surface area contributed by atoms with E-state index in [1.807, 2.05) is 20.8 Å². The summed E-state index contributed by atoms with van der Waals surface area (Å²) in [5.74, 6) is 0. The van der Waals surface area contributed by atoms with E-state index in [1.54, 1.807) is 0 Å². The first-order chi connectivity index (χ1) is 9.50. The highest BCUT2D eigenvalue weighted by molar-refractivity contribution is 6.33. The number of para-hydroxylation sites is 1. The van der Waals surface area contributed by atoms with E-state index in [4.69, 9.17) is 16.3 Å². The molecule has 0 spiro atoms. The van der Waals surface area contributed by atoms with Gasteiger partial charge in [-0.05, 0) is 32.9 Å². The molecule has 1 unspecified atom stereocenters. The van der Waals surface area contributed by atoms with E-state index in [0.29, 0.717) is 0 Å². The molecule has 2 N–H and O–H groups in total. The van der Waals surface area contributed by atoms with Crippen LogP contribution in [0, 0.1) is 0 Å². The van der Waals surface area contributed by atoms with Gasteiger partial charge in [0.2, 0.25) is 0 Å². The van der Waals surface area contributed by atoms with Crippen LogP contribution < -0.4 is 5.32 Å². The molecule has 0 aliphatic heterocycles. The van der Waals surface area contributed by atoms with Gasteiger partial charge < -0.3 is 15.2 Å². The van der Waals surface area contributed by atoms with E-state index >= 15 is 0 Å². The molecule has 1 atom stereocenters. The number of alkyl halides is 3. The molecule has 120 valence electrons. The SMILES string of the molecule is CC(C)(C)OCC(O)CNc1c(Cl)cccc1C(F)(F)F. The third kappa shape index (κ3) is 6.11. The fourth-order valence-electron chi connectivity index (χ4n) is 1.57. The van der Waals surface area contributed by atoms with Crippen molar-refractivity contribution in [2.45, 2.75) is 38.7 Å². The summed E-state index contributed by atoms with van der Waals surface area (Å²) >= 11 is 5.79. The summed E-state index contributed by atoms with van der Waals surface area (Å²) in [5.41, 5.74) is -1.52. The van der Waals surface area contributed by atoms with Gasteiger partial charge in [0.1, 0.15) is 0 Å². The molecule has 0 saturated carbocycles. The van der Waals surface area contributed by atoms with Crippen molar-refractivity contribution in [1.82, 2.24) is 0 Å². The monoisotopic (exact) mass is 325 g/mol. The Morgan fingerprint density at radius 2 is 1.90 bits per heavy atom. The lowest BCUT2D eigenvalue weighted by atomic mass is 10.1. The third-order valence-corrected chi connectivity index (χ3v) is 2.86. The van der Waals surface area contributed by atoms with Gasteiger partial charge in [0, 0.05) is 6.54 Å². The molecule has 0 bridgehead atoms. The Morgan fingerprint density at radius 3 is 2.43 bits per heavy atom. The van der Waals surface area contributed by atoms with Crippen LogP contribution in [0.3, 0.4) is 0 Å². The number of aliphatic hydroxyl groups is 1. The van der Waals surface area contributed by atoms with Crippen LogP contribution in [-0.4, -0.2) is 30.0 Å². The molecule has 0 heterocycles. The van der Waals surface area contributed by atoms with Gasteiger partial charge in [-0.1, -0.05) is 17.7 Å². The van der Waals surface area contributed by atoms with E-state index in [-0.39, 0.29) is 23.9 Å². The van der Waals surface area contributed by atoms with Gasteiger partial charge in [-0.2, -0.15) is 13.2 Å². The summed E-state index contributed by atoms with van der Waals surface area (Å²) in [6.45, 7) is 5.39. The normalized spacial score (nSPS) is 14.1. The van der Waals surface area contributed by atoms with E-state index < -0.39 is 23.4 Å². The van der Waals surface area contributed by atoms with E-state index in [2.05, 4.69) is 5.32 Å². The first-order valence-electron chi connectivity index (χ1n) is 6.42. The number of ether oxygens (including phenoxy) is 1. The number of benzene rings is 1. The van der Waals surface area contributed by atoms with Crippen molar-refractivity contribution >= 4 is 17.3 Å². The molecular weight excluding hydrogens is 307 g/mol. The minimum absolute atomic E-state index is 0.0162. The Bertz CT molecular complexity index is 472. The van der Waals surface area contributed by atoms with E-state index in [1.165, 1.54) is 12.1 Å². The predicted octanol–water partition coefficient (Wildman–Crippen LogP) is 3.95.